The summed E-state index contributed by atoms with van der Waals surface area (Å²) >= 11 is 0. The first kappa shape index (κ1) is 21.7. The third-order valence-electron chi connectivity index (χ3n) is 6.99. The van der Waals surface area contributed by atoms with Gasteiger partial charge in [-0.25, -0.2) is 0 Å². The van der Waals surface area contributed by atoms with Crippen molar-refractivity contribution in [2.45, 2.75) is 5.41 Å². The van der Waals surface area contributed by atoms with E-state index in [-0.39, 0.29) is 26.4 Å². The highest BCUT2D eigenvalue weighted by Gasteiger charge is 2.44. The van der Waals surface area contributed by atoms with Crippen molar-refractivity contribution in [2.24, 2.45) is 0 Å². The van der Waals surface area contributed by atoms with Crippen LogP contribution in [0.25, 0.3) is 21.5 Å². The summed E-state index contributed by atoms with van der Waals surface area (Å²) in [6, 6.07) is 34.0. The molecule has 0 bridgehead atoms. The van der Waals surface area contributed by atoms with Crippen molar-refractivity contribution in [1.29, 1.82) is 0 Å². The van der Waals surface area contributed by atoms with Crippen molar-refractivity contribution in [2.75, 3.05) is 26.4 Å². The Kier molecular flexibility index (Phi) is 5.40. The van der Waals surface area contributed by atoms with Gasteiger partial charge >= 0.3 is 0 Å². The molecule has 1 aliphatic carbocycles. The van der Waals surface area contributed by atoms with E-state index < -0.39 is 5.41 Å². The Balaban J connectivity index is 1.63. The lowest BCUT2D eigenvalue weighted by molar-refractivity contribution is 0.201. The highest BCUT2D eigenvalue weighted by Crippen LogP contribution is 2.55. The molecule has 6 rings (SSSR count). The Morgan fingerprint density at radius 2 is 0.943 bits per heavy atom. The minimum Gasteiger partial charge on any atom is -0.491 e. The second-order valence-corrected chi connectivity index (χ2v) is 8.82. The van der Waals surface area contributed by atoms with Crippen molar-refractivity contribution >= 4 is 21.5 Å². The molecular formula is C31H26O4. The van der Waals surface area contributed by atoms with Crippen LogP contribution in [0.2, 0.25) is 0 Å². The number of rotatable bonds is 8. The number of ether oxygens (including phenoxy) is 2. The molecule has 0 aromatic heterocycles. The molecule has 0 aliphatic heterocycles. The van der Waals surface area contributed by atoms with Gasteiger partial charge in [-0.05, 0) is 68.1 Å². The molecule has 0 spiro atoms. The molecule has 0 saturated carbocycles. The summed E-state index contributed by atoms with van der Waals surface area (Å²) in [6.07, 6.45) is 0. The largest absolute Gasteiger partial charge is 0.491 e. The summed E-state index contributed by atoms with van der Waals surface area (Å²) in [5, 5.41) is 23.3. The van der Waals surface area contributed by atoms with Crippen LogP contribution < -0.4 is 9.47 Å². The molecule has 4 nitrogen and oxygen atoms in total. The zero-order valence-electron chi connectivity index (χ0n) is 19.3. The molecule has 2 N–H and O–H groups in total. The monoisotopic (exact) mass is 462 g/mol. The van der Waals surface area contributed by atoms with Crippen LogP contribution in [0.15, 0.2) is 97.1 Å². The molecule has 0 unspecified atom stereocenters. The van der Waals surface area contributed by atoms with Gasteiger partial charge in [0.05, 0.1) is 18.6 Å². The predicted molar refractivity (Wildman–Crippen MR) is 138 cm³/mol. The lowest BCUT2D eigenvalue weighted by Crippen LogP contribution is -2.28. The van der Waals surface area contributed by atoms with Crippen molar-refractivity contribution in [3.8, 4) is 11.5 Å². The summed E-state index contributed by atoms with van der Waals surface area (Å²) in [7, 11) is 0. The van der Waals surface area contributed by atoms with E-state index in [1.54, 1.807) is 0 Å². The lowest BCUT2D eigenvalue weighted by atomic mass is 9.67. The highest BCUT2D eigenvalue weighted by atomic mass is 16.5. The van der Waals surface area contributed by atoms with Crippen molar-refractivity contribution < 1.29 is 19.7 Å². The van der Waals surface area contributed by atoms with Crippen LogP contribution in [0.4, 0.5) is 0 Å². The van der Waals surface area contributed by atoms with E-state index in [4.69, 9.17) is 19.7 Å². The van der Waals surface area contributed by atoms with E-state index in [2.05, 4.69) is 72.8 Å². The standard InChI is InChI=1S/C31H26O4/c32-17-19-34-25-13-9-23(10-14-25)31(24-11-15-26(16-12-24)35-20-18-33)27-5-1-3-21-7-8-22-4-2-6-28(31)30(22)29(21)27/h1-16,32-33H,17-20H2. The van der Waals surface area contributed by atoms with Gasteiger partial charge in [0.1, 0.15) is 24.7 Å². The Hall–Kier alpha value is -3.86. The quantitative estimate of drug-likeness (QED) is 0.296. The van der Waals surface area contributed by atoms with Crippen LogP contribution in [0, 0.1) is 0 Å². The minimum atomic E-state index is -0.506. The van der Waals surface area contributed by atoms with Gasteiger partial charge in [0, 0.05) is 0 Å². The van der Waals surface area contributed by atoms with E-state index in [0.29, 0.717) is 0 Å². The number of hydrogen-bond donors (Lipinski definition) is 2. The van der Waals surface area contributed by atoms with E-state index in [9.17, 15) is 0 Å². The average Bonchev–Trinajstić information content (AvgIpc) is 3.23. The van der Waals surface area contributed by atoms with E-state index in [1.807, 2.05) is 24.3 Å². The second-order valence-electron chi connectivity index (χ2n) is 8.82. The predicted octanol–water partition coefficient (Wildman–Crippen LogP) is 5.43. The Morgan fingerprint density at radius 3 is 1.34 bits per heavy atom. The Morgan fingerprint density at radius 1 is 0.514 bits per heavy atom. The third kappa shape index (κ3) is 3.29. The van der Waals surface area contributed by atoms with E-state index >= 15 is 0 Å². The Labute approximate surface area is 204 Å². The first-order chi connectivity index (χ1) is 17.3. The van der Waals surface area contributed by atoms with Crippen molar-refractivity contribution in [3.63, 3.8) is 0 Å². The molecule has 174 valence electrons. The van der Waals surface area contributed by atoms with Crippen molar-refractivity contribution in [1.82, 2.24) is 0 Å². The molecule has 4 heteroatoms. The lowest BCUT2D eigenvalue weighted by Gasteiger charge is -2.34. The third-order valence-corrected chi connectivity index (χ3v) is 6.99. The summed E-state index contributed by atoms with van der Waals surface area (Å²) < 4.78 is 11.3. The fraction of sp³-hybridized carbons (Fsp3) is 0.161. The van der Waals surface area contributed by atoms with Gasteiger partial charge in [-0.3, -0.25) is 0 Å². The normalized spacial score (nSPS) is 13.5. The second kappa shape index (κ2) is 8.73. The fourth-order valence-corrected chi connectivity index (χ4v) is 5.64. The van der Waals surface area contributed by atoms with Gasteiger partial charge in [-0.1, -0.05) is 72.8 Å². The summed E-state index contributed by atoms with van der Waals surface area (Å²) in [5.41, 5.74) is 4.31. The van der Waals surface area contributed by atoms with Gasteiger partial charge in [0.15, 0.2) is 0 Å². The summed E-state index contributed by atoms with van der Waals surface area (Å²) in [6.45, 7) is 0.499. The first-order valence-corrected chi connectivity index (χ1v) is 11.9. The number of benzene rings is 5. The molecule has 35 heavy (non-hydrogen) atoms. The number of aliphatic hydroxyl groups excluding tert-OH is 2. The van der Waals surface area contributed by atoms with Gasteiger partial charge in [0.2, 0.25) is 0 Å². The Bertz CT molecular complexity index is 1390. The molecule has 0 atom stereocenters. The average molecular weight is 463 g/mol. The molecule has 5 aromatic rings. The van der Waals surface area contributed by atoms with Crippen LogP contribution in [0.1, 0.15) is 22.3 Å². The van der Waals surface area contributed by atoms with Crippen LogP contribution in [0.5, 0.6) is 11.5 Å². The maximum Gasteiger partial charge on any atom is 0.119 e. The molecule has 0 fully saturated rings. The van der Waals surface area contributed by atoms with Crippen molar-refractivity contribution in [3.05, 3.63) is 119 Å². The maximum atomic E-state index is 9.14. The van der Waals surface area contributed by atoms with Gasteiger partial charge in [0.25, 0.3) is 0 Å². The van der Waals surface area contributed by atoms with Crippen LogP contribution in [-0.4, -0.2) is 36.6 Å². The van der Waals surface area contributed by atoms with Gasteiger partial charge < -0.3 is 19.7 Å². The molecule has 0 saturated heterocycles. The van der Waals surface area contributed by atoms with Gasteiger partial charge in [-0.2, -0.15) is 0 Å². The minimum absolute atomic E-state index is 0.0182. The molecule has 0 heterocycles. The molecule has 0 radical (unpaired) electrons. The molecule has 1 aliphatic rings. The summed E-state index contributed by atoms with van der Waals surface area (Å²) in [5.74, 6) is 1.47. The fourth-order valence-electron chi connectivity index (χ4n) is 5.64. The first-order valence-electron chi connectivity index (χ1n) is 11.9. The van der Waals surface area contributed by atoms with Crippen LogP contribution in [-0.2, 0) is 5.41 Å². The van der Waals surface area contributed by atoms with Crippen LogP contribution >= 0.6 is 0 Å². The number of hydrogen-bond acceptors (Lipinski definition) is 4. The summed E-state index contributed by atoms with van der Waals surface area (Å²) in [4.78, 5) is 0. The molecular weight excluding hydrogens is 436 g/mol. The smallest absolute Gasteiger partial charge is 0.119 e. The van der Waals surface area contributed by atoms with E-state index in [1.165, 1.54) is 32.7 Å². The topological polar surface area (TPSA) is 58.9 Å². The van der Waals surface area contributed by atoms with Gasteiger partial charge in [-0.15, -0.1) is 0 Å². The van der Waals surface area contributed by atoms with E-state index in [0.717, 1.165) is 22.6 Å². The molecule has 0 amide bonds. The number of aliphatic hydroxyl groups is 2. The zero-order chi connectivity index (χ0) is 23.8. The SMILES string of the molecule is OCCOc1ccc(C2(c3ccc(OCCO)cc3)c3cccc4ccc5cccc2c5c34)cc1. The van der Waals surface area contributed by atoms with Crippen LogP contribution in [0.3, 0.4) is 0 Å². The highest BCUT2D eigenvalue weighted by molar-refractivity contribution is 6.16. The molecule has 5 aromatic carbocycles. The maximum absolute atomic E-state index is 9.14. The zero-order valence-corrected chi connectivity index (χ0v) is 19.3.